The Morgan fingerprint density at radius 2 is 1.92 bits per heavy atom. The third kappa shape index (κ3) is 3.77. The van der Waals surface area contributed by atoms with Gasteiger partial charge in [0.15, 0.2) is 5.76 Å². The molecule has 184 valence electrons. The van der Waals surface area contributed by atoms with E-state index in [1.54, 1.807) is 24.3 Å². The Bertz CT molecular complexity index is 1720. The Labute approximate surface area is 214 Å². The van der Waals surface area contributed by atoms with Gasteiger partial charge >= 0.3 is 5.97 Å². The average Bonchev–Trinajstić information content (AvgIpc) is 3.20. The quantitative estimate of drug-likeness (QED) is 0.222. The number of Topliss-reactive ketones (excluding diaryl/α,β-unsaturated/α-hetero) is 1. The lowest BCUT2D eigenvalue weighted by atomic mass is 9.85. The molecule has 2 aliphatic heterocycles. The molecule has 0 saturated carbocycles. The minimum absolute atomic E-state index is 0.0126. The molecule has 0 bridgehead atoms. The molecule has 9 heteroatoms. The van der Waals surface area contributed by atoms with Crippen molar-refractivity contribution in [2.75, 3.05) is 7.11 Å². The maximum Gasteiger partial charge on any atom is 0.312 e. The summed E-state index contributed by atoms with van der Waals surface area (Å²) in [6, 6.07) is 14.1. The number of ketones is 1. The molecule has 37 heavy (non-hydrogen) atoms. The zero-order valence-electron chi connectivity index (χ0n) is 19.3. The highest BCUT2D eigenvalue weighted by Gasteiger charge is 2.39. The Morgan fingerprint density at radius 1 is 1.08 bits per heavy atom. The highest BCUT2D eigenvalue weighted by atomic mass is 35.5. The van der Waals surface area contributed by atoms with Crippen LogP contribution in [0.4, 0.5) is 4.39 Å². The van der Waals surface area contributed by atoms with Gasteiger partial charge in [0.2, 0.25) is 5.78 Å². The average molecular weight is 518 g/mol. The summed E-state index contributed by atoms with van der Waals surface area (Å²) in [5.74, 6) is -1.56. The number of hydrogen-bond acceptors (Lipinski definition) is 6. The van der Waals surface area contributed by atoms with E-state index in [4.69, 9.17) is 25.8 Å². The van der Waals surface area contributed by atoms with Crippen LogP contribution in [0.15, 0.2) is 65.2 Å². The SMILES string of the molecule is COc1ccc2cc(C3CC(=O)Oc4ccc5c(c43)O/C(=C/c3c(F)cccc3Cl)C5=O)c(=O)[nH]c2c1. The number of fused-ring (bicyclic) bond motifs is 4. The number of carbonyl (C=O) groups excluding carboxylic acids is 2. The molecule has 6 rings (SSSR count). The molecule has 7 nitrogen and oxygen atoms in total. The maximum absolute atomic E-state index is 14.4. The summed E-state index contributed by atoms with van der Waals surface area (Å²) in [5, 5.41) is 0.850. The predicted molar refractivity (Wildman–Crippen MR) is 134 cm³/mol. The predicted octanol–water partition coefficient (Wildman–Crippen LogP) is 5.39. The first kappa shape index (κ1) is 23.0. The summed E-state index contributed by atoms with van der Waals surface area (Å²) >= 11 is 6.13. The number of ether oxygens (including phenoxy) is 3. The molecule has 0 saturated heterocycles. The van der Waals surface area contributed by atoms with Crippen molar-refractivity contribution < 1.29 is 28.2 Å². The van der Waals surface area contributed by atoms with Gasteiger partial charge in [0.05, 0.1) is 29.6 Å². The lowest BCUT2D eigenvalue weighted by Crippen LogP contribution is -2.26. The van der Waals surface area contributed by atoms with E-state index in [9.17, 15) is 18.8 Å². The Morgan fingerprint density at radius 3 is 2.70 bits per heavy atom. The highest BCUT2D eigenvalue weighted by Crippen LogP contribution is 2.48. The van der Waals surface area contributed by atoms with E-state index in [1.165, 1.54) is 43.5 Å². The van der Waals surface area contributed by atoms with Crippen molar-refractivity contribution in [3.63, 3.8) is 0 Å². The summed E-state index contributed by atoms with van der Waals surface area (Å²) in [6.07, 6.45) is 1.11. The van der Waals surface area contributed by atoms with Crippen LogP contribution in [0.2, 0.25) is 5.02 Å². The van der Waals surface area contributed by atoms with Crippen LogP contribution in [0.25, 0.3) is 17.0 Å². The molecular weight excluding hydrogens is 501 g/mol. The Hall–Kier alpha value is -4.43. The number of aromatic amines is 1. The number of carbonyl (C=O) groups is 2. The topological polar surface area (TPSA) is 94.7 Å². The van der Waals surface area contributed by atoms with Gasteiger partial charge in [0.1, 0.15) is 23.1 Å². The standard InChI is InChI=1S/C28H17ClFNO6/c1-35-14-6-5-13-9-17(28(34)31-21(13)10-14)16-12-24(32)36-22-8-7-15-26(33)23(37-27(15)25(16)22)11-18-19(29)3-2-4-20(18)30/h2-11,16H,12H2,1H3,(H,31,34)/b23-11+. The van der Waals surface area contributed by atoms with Crippen LogP contribution in [0.1, 0.15) is 39.4 Å². The summed E-state index contributed by atoms with van der Waals surface area (Å²) in [7, 11) is 1.53. The minimum atomic E-state index is -0.745. The first-order valence-corrected chi connectivity index (χ1v) is 11.7. The van der Waals surface area contributed by atoms with E-state index in [1.807, 2.05) is 0 Å². The second-order valence-electron chi connectivity index (χ2n) is 8.67. The largest absolute Gasteiger partial charge is 0.497 e. The van der Waals surface area contributed by atoms with Crippen molar-refractivity contribution in [3.05, 3.63) is 104 Å². The maximum atomic E-state index is 14.4. The summed E-state index contributed by atoms with van der Waals surface area (Å²) in [4.78, 5) is 41.7. The van der Waals surface area contributed by atoms with Crippen LogP contribution in [0, 0.1) is 5.82 Å². The van der Waals surface area contributed by atoms with Gasteiger partial charge in [-0.25, -0.2) is 4.39 Å². The van der Waals surface area contributed by atoms with Gasteiger partial charge in [-0.1, -0.05) is 17.7 Å². The van der Waals surface area contributed by atoms with E-state index >= 15 is 0 Å². The second kappa shape index (κ2) is 8.60. The van der Waals surface area contributed by atoms with Gasteiger partial charge in [0, 0.05) is 28.7 Å². The Kier molecular flexibility index (Phi) is 5.35. The molecule has 0 aliphatic carbocycles. The molecule has 1 atom stereocenters. The molecular formula is C28H17ClFNO6. The molecule has 0 fully saturated rings. The monoisotopic (exact) mass is 517 g/mol. The van der Waals surface area contributed by atoms with Crippen LogP contribution in [-0.4, -0.2) is 23.8 Å². The lowest BCUT2D eigenvalue weighted by molar-refractivity contribution is -0.135. The molecule has 4 aromatic rings. The molecule has 1 N–H and O–H groups in total. The number of H-pyrrole nitrogens is 1. The number of aromatic nitrogens is 1. The smallest absolute Gasteiger partial charge is 0.312 e. The number of esters is 1. The number of hydrogen-bond donors (Lipinski definition) is 1. The van der Waals surface area contributed by atoms with Crippen molar-refractivity contribution >= 4 is 40.3 Å². The minimum Gasteiger partial charge on any atom is -0.497 e. The number of methoxy groups -OCH3 is 1. The van der Waals surface area contributed by atoms with Crippen LogP contribution < -0.4 is 19.8 Å². The van der Waals surface area contributed by atoms with Crippen LogP contribution in [-0.2, 0) is 4.79 Å². The van der Waals surface area contributed by atoms with E-state index in [-0.39, 0.29) is 39.8 Å². The van der Waals surface area contributed by atoms with Gasteiger partial charge in [-0.15, -0.1) is 0 Å². The Balaban J connectivity index is 1.50. The van der Waals surface area contributed by atoms with Crippen molar-refractivity contribution in [2.45, 2.75) is 12.3 Å². The van der Waals surface area contributed by atoms with Gasteiger partial charge in [0.25, 0.3) is 5.56 Å². The fourth-order valence-electron chi connectivity index (χ4n) is 4.73. The van der Waals surface area contributed by atoms with Gasteiger partial charge < -0.3 is 19.2 Å². The summed E-state index contributed by atoms with van der Waals surface area (Å²) < 4.78 is 31.0. The normalized spacial score (nSPS) is 17.4. The molecule has 0 spiro atoms. The molecule has 0 radical (unpaired) electrons. The number of benzene rings is 3. The van der Waals surface area contributed by atoms with E-state index in [0.717, 1.165) is 5.39 Å². The third-order valence-electron chi connectivity index (χ3n) is 6.51. The number of rotatable bonds is 3. The molecule has 1 unspecified atom stereocenters. The summed E-state index contributed by atoms with van der Waals surface area (Å²) in [5.41, 5.74) is 1.10. The number of halogens is 2. The van der Waals surface area contributed by atoms with E-state index in [2.05, 4.69) is 4.98 Å². The second-order valence-corrected chi connectivity index (χ2v) is 9.07. The number of allylic oxidation sites excluding steroid dienone is 1. The zero-order valence-corrected chi connectivity index (χ0v) is 20.0. The molecule has 1 aromatic heterocycles. The van der Waals surface area contributed by atoms with Crippen LogP contribution in [0.3, 0.4) is 0 Å². The molecule has 3 heterocycles. The van der Waals surface area contributed by atoms with Crippen molar-refractivity contribution in [1.29, 1.82) is 0 Å². The summed E-state index contributed by atoms with van der Waals surface area (Å²) in [6.45, 7) is 0. The van der Waals surface area contributed by atoms with Gasteiger partial charge in [-0.05, 0) is 53.9 Å². The van der Waals surface area contributed by atoms with Crippen molar-refractivity contribution in [3.8, 4) is 17.2 Å². The lowest BCUT2D eigenvalue weighted by Gasteiger charge is -2.26. The van der Waals surface area contributed by atoms with Gasteiger partial charge in [-0.3, -0.25) is 14.4 Å². The van der Waals surface area contributed by atoms with Crippen LogP contribution in [0.5, 0.6) is 17.2 Å². The number of pyridine rings is 1. The molecule has 3 aromatic carbocycles. The molecule has 2 aliphatic rings. The van der Waals surface area contributed by atoms with E-state index in [0.29, 0.717) is 22.4 Å². The van der Waals surface area contributed by atoms with E-state index < -0.39 is 29.0 Å². The van der Waals surface area contributed by atoms with Crippen molar-refractivity contribution in [1.82, 2.24) is 4.98 Å². The fraction of sp³-hybridized carbons (Fsp3) is 0.107. The zero-order chi connectivity index (χ0) is 25.8. The fourth-order valence-corrected chi connectivity index (χ4v) is 4.95. The van der Waals surface area contributed by atoms with Gasteiger partial charge in [-0.2, -0.15) is 0 Å². The molecule has 0 amide bonds. The first-order chi connectivity index (χ1) is 17.8. The number of nitrogens with one attached hydrogen (secondary N) is 1. The highest BCUT2D eigenvalue weighted by molar-refractivity contribution is 6.32. The third-order valence-corrected chi connectivity index (χ3v) is 6.84. The first-order valence-electron chi connectivity index (χ1n) is 11.3. The van der Waals surface area contributed by atoms with Crippen LogP contribution >= 0.6 is 11.6 Å². The van der Waals surface area contributed by atoms with Crippen molar-refractivity contribution in [2.24, 2.45) is 0 Å².